The third-order valence-corrected chi connectivity index (χ3v) is 4.27. The fraction of sp³-hybridized carbons (Fsp3) is 0.462. The third-order valence-electron chi connectivity index (χ3n) is 3.40. The zero-order chi connectivity index (χ0) is 13.1. The van der Waals surface area contributed by atoms with E-state index >= 15 is 0 Å². The molecule has 1 fully saturated rings. The van der Waals surface area contributed by atoms with E-state index in [1.807, 2.05) is 18.2 Å². The Morgan fingerprint density at radius 2 is 2.22 bits per heavy atom. The van der Waals surface area contributed by atoms with Crippen LogP contribution in [0.1, 0.15) is 24.8 Å². The highest BCUT2D eigenvalue weighted by Crippen LogP contribution is 2.34. The van der Waals surface area contributed by atoms with E-state index in [0.29, 0.717) is 17.6 Å². The summed E-state index contributed by atoms with van der Waals surface area (Å²) in [4.78, 5) is 2.66. The Hall–Kier alpha value is -0.650. The first-order chi connectivity index (χ1) is 8.63. The van der Waals surface area contributed by atoms with Gasteiger partial charge in [-0.3, -0.25) is 0 Å². The number of benzene rings is 1. The Morgan fingerprint density at radius 1 is 1.50 bits per heavy atom. The Balaban J connectivity index is 2.26. The molecule has 0 heterocycles. The van der Waals surface area contributed by atoms with Crippen LogP contribution in [0.3, 0.4) is 0 Å². The van der Waals surface area contributed by atoms with Crippen LogP contribution in [-0.2, 0) is 0 Å². The maximum atomic E-state index is 9.20. The number of halogens is 1. The predicted molar refractivity (Wildman–Crippen MR) is 82.1 cm³/mol. The second-order valence-corrected chi connectivity index (χ2v) is 5.83. The number of hydrogen-bond acceptors (Lipinski definition) is 3. The molecule has 3 nitrogen and oxygen atoms in total. The lowest BCUT2D eigenvalue weighted by molar-refractivity contribution is 0.283. The fourth-order valence-corrected chi connectivity index (χ4v) is 2.93. The summed E-state index contributed by atoms with van der Waals surface area (Å²) in [6.45, 7) is 0.829. The molecule has 0 amide bonds. The van der Waals surface area contributed by atoms with Gasteiger partial charge >= 0.3 is 0 Å². The summed E-state index contributed by atoms with van der Waals surface area (Å²) in [7, 11) is 0. The lowest BCUT2D eigenvalue weighted by atomic mass is 9.91. The first kappa shape index (κ1) is 13.8. The van der Waals surface area contributed by atoms with Gasteiger partial charge in [-0.1, -0.05) is 12.2 Å². The van der Waals surface area contributed by atoms with Gasteiger partial charge in [0.2, 0.25) is 0 Å². The SMILES string of the molecule is NC(=S)c1ccc(N(CCO)C2CCC2)c(Br)c1. The first-order valence-electron chi connectivity index (χ1n) is 6.10. The molecule has 1 saturated carbocycles. The molecule has 0 unspecified atom stereocenters. The number of rotatable bonds is 5. The molecular formula is C13H17BrN2OS. The van der Waals surface area contributed by atoms with Gasteiger partial charge in [0, 0.05) is 22.6 Å². The average Bonchev–Trinajstić information content (AvgIpc) is 2.26. The molecular weight excluding hydrogens is 312 g/mol. The Kier molecular flexibility index (Phi) is 4.59. The minimum absolute atomic E-state index is 0.167. The molecule has 1 aliphatic carbocycles. The van der Waals surface area contributed by atoms with Gasteiger partial charge in [-0.05, 0) is 53.4 Å². The maximum absolute atomic E-state index is 9.20. The van der Waals surface area contributed by atoms with Crippen LogP contribution in [0.4, 0.5) is 5.69 Å². The predicted octanol–water partition coefficient (Wildman–Crippen LogP) is 2.43. The van der Waals surface area contributed by atoms with Crippen molar-refractivity contribution in [1.82, 2.24) is 0 Å². The molecule has 1 aromatic carbocycles. The third kappa shape index (κ3) is 2.84. The van der Waals surface area contributed by atoms with Crippen molar-refractivity contribution in [2.45, 2.75) is 25.3 Å². The van der Waals surface area contributed by atoms with Crippen molar-refractivity contribution in [3.05, 3.63) is 28.2 Å². The molecule has 0 radical (unpaired) electrons. The van der Waals surface area contributed by atoms with E-state index < -0.39 is 0 Å². The number of aliphatic hydroxyl groups is 1. The summed E-state index contributed by atoms with van der Waals surface area (Å²) in [5.41, 5.74) is 7.59. The van der Waals surface area contributed by atoms with Crippen molar-refractivity contribution in [2.75, 3.05) is 18.1 Å². The van der Waals surface area contributed by atoms with Gasteiger partial charge in [0.25, 0.3) is 0 Å². The van der Waals surface area contributed by atoms with Crippen molar-refractivity contribution in [2.24, 2.45) is 5.73 Å². The number of anilines is 1. The number of thiocarbonyl (C=S) groups is 1. The summed E-state index contributed by atoms with van der Waals surface area (Å²) in [6, 6.07) is 6.45. The summed E-state index contributed by atoms with van der Waals surface area (Å²) in [5.74, 6) is 0. The molecule has 2 rings (SSSR count). The molecule has 0 aliphatic heterocycles. The van der Waals surface area contributed by atoms with Crippen LogP contribution in [-0.4, -0.2) is 29.3 Å². The zero-order valence-corrected chi connectivity index (χ0v) is 12.5. The minimum Gasteiger partial charge on any atom is -0.395 e. The van der Waals surface area contributed by atoms with E-state index in [0.717, 1.165) is 15.7 Å². The highest BCUT2D eigenvalue weighted by molar-refractivity contribution is 9.10. The average molecular weight is 329 g/mol. The van der Waals surface area contributed by atoms with E-state index in [-0.39, 0.29) is 6.61 Å². The molecule has 5 heteroatoms. The van der Waals surface area contributed by atoms with Crippen LogP contribution >= 0.6 is 28.1 Å². The lowest BCUT2D eigenvalue weighted by Gasteiger charge is -2.39. The molecule has 1 aliphatic rings. The standard InChI is InChI=1S/C13H17BrN2OS/c14-11-8-9(13(15)18)4-5-12(11)16(6-7-17)10-2-1-3-10/h4-5,8,10,17H,1-3,6-7H2,(H2,15,18). The minimum atomic E-state index is 0.167. The highest BCUT2D eigenvalue weighted by Gasteiger charge is 2.26. The molecule has 0 aromatic heterocycles. The van der Waals surface area contributed by atoms with Gasteiger partial charge in [-0.15, -0.1) is 0 Å². The number of nitrogens with two attached hydrogens (primary N) is 1. The smallest absolute Gasteiger partial charge is 0.104 e. The van der Waals surface area contributed by atoms with Gasteiger partial charge in [-0.2, -0.15) is 0 Å². The molecule has 0 bridgehead atoms. The van der Waals surface area contributed by atoms with Crippen molar-refractivity contribution < 1.29 is 5.11 Å². The normalized spacial score (nSPS) is 15.2. The molecule has 0 saturated heterocycles. The lowest BCUT2D eigenvalue weighted by Crippen LogP contribution is -2.42. The second kappa shape index (κ2) is 5.99. The summed E-state index contributed by atoms with van der Waals surface area (Å²) in [6.07, 6.45) is 3.67. The Bertz CT molecular complexity index is 449. The summed E-state index contributed by atoms with van der Waals surface area (Å²) >= 11 is 8.54. The molecule has 18 heavy (non-hydrogen) atoms. The molecule has 0 spiro atoms. The van der Waals surface area contributed by atoms with E-state index in [4.69, 9.17) is 18.0 Å². The van der Waals surface area contributed by atoms with Gasteiger partial charge in [-0.25, -0.2) is 0 Å². The van der Waals surface area contributed by atoms with Crippen LogP contribution < -0.4 is 10.6 Å². The van der Waals surface area contributed by atoms with Gasteiger partial charge < -0.3 is 15.7 Å². The maximum Gasteiger partial charge on any atom is 0.104 e. The van der Waals surface area contributed by atoms with Gasteiger partial charge in [0.15, 0.2) is 0 Å². The number of nitrogens with zero attached hydrogens (tertiary/aromatic N) is 1. The fourth-order valence-electron chi connectivity index (χ4n) is 2.20. The summed E-state index contributed by atoms with van der Waals surface area (Å²) < 4.78 is 0.980. The molecule has 0 atom stereocenters. The van der Waals surface area contributed by atoms with Crippen LogP contribution in [0.5, 0.6) is 0 Å². The van der Waals surface area contributed by atoms with Crippen molar-refractivity contribution >= 4 is 38.8 Å². The zero-order valence-electron chi connectivity index (χ0n) is 10.1. The molecule has 98 valence electrons. The highest BCUT2D eigenvalue weighted by atomic mass is 79.9. The van der Waals surface area contributed by atoms with Crippen molar-refractivity contribution in [3.8, 4) is 0 Å². The summed E-state index contributed by atoms with van der Waals surface area (Å²) in [5, 5.41) is 9.20. The molecule has 3 N–H and O–H groups in total. The van der Waals surface area contributed by atoms with Gasteiger partial charge in [0.05, 0.1) is 12.3 Å². The first-order valence-corrected chi connectivity index (χ1v) is 7.30. The molecule has 1 aromatic rings. The van der Waals surface area contributed by atoms with E-state index in [1.54, 1.807) is 0 Å². The van der Waals surface area contributed by atoms with Gasteiger partial charge in [0.1, 0.15) is 4.99 Å². The van der Waals surface area contributed by atoms with Crippen molar-refractivity contribution in [3.63, 3.8) is 0 Å². The number of aliphatic hydroxyl groups excluding tert-OH is 1. The van der Waals surface area contributed by atoms with Crippen LogP contribution in [0, 0.1) is 0 Å². The van der Waals surface area contributed by atoms with Crippen LogP contribution in [0.2, 0.25) is 0 Å². The van der Waals surface area contributed by atoms with Crippen LogP contribution in [0.25, 0.3) is 0 Å². The number of hydrogen-bond donors (Lipinski definition) is 2. The quantitative estimate of drug-likeness (QED) is 0.815. The second-order valence-electron chi connectivity index (χ2n) is 4.53. The Morgan fingerprint density at radius 3 is 2.67 bits per heavy atom. The van der Waals surface area contributed by atoms with Crippen molar-refractivity contribution in [1.29, 1.82) is 0 Å². The largest absolute Gasteiger partial charge is 0.395 e. The monoisotopic (exact) mass is 328 g/mol. The van der Waals surface area contributed by atoms with E-state index in [1.165, 1.54) is 19.3 Å². The van der Waals surface area contributed by atoms with Crippen LogP contribution in [0.15, 0.2) is 22.7 Å². The van der Waals surface area contributed by atoms with E-state index in [9.17, 15) is 5.11 Å². The van der Waals surface area contributed by atoms with E-state index in [2.05, 4.69) is 20.8 Å². The topological polar surface area (TPSA) is 49.5 Å². The Labute approximate surface area is 121 Å².